The highest BCUT2D eigenvalue weighted by Gasteiger charge is 1.93. The molecule has 0 aliphatic heterocycles. The number of rotatable bonds is 2. The van der Waals surface area contributed by atoms with Gasteiger partial charge < -0.3 is 0 Å². The number of ketones is 1. The first kappa shape index (κ1) is 6.76. The second kappa shape index (κ2) is 2.86. The van der Waals surface area contributed by atoms with Crippen LogP contribution in [-0.4, -0.2) is 11.5 Å². The predicted octanol–water partition coefficient (Wildman–Crippen LogP) is 1.06. The minimum atomic E-state index is 0.0231. The van der Waals surface area contributed by atoms with Gasteiger partial charge in [-0.1, -0.05) is 6.58 Å². The van der Waals surface area contributed by atoms with Crippen LogP contribution in [-0.2, 0) is 4.79 Å². The van der Waals surface area contributed by atoms with Crippen molar-refractivity contribution >= 4 is 18.4 Å². The van der Waals surface area contributed by atoms with Gasteiger partial charge in [0.1, 0.15) is 0 Å². The van der Waals surface area contributed by atoms with E-state index in [1.54, 1.807) is 0 Å². The summed E-state index contributed by atoms with van der Waals surface area (Å²) >= 11 is 3.83. The molecule has 40 valence electrons. The Labute approximate surface area is 48.8 Å². The van der Waals surface area contributed by atoms with E-state index < -0.39 is 0 Å². The van der Waals surface area contributed by atoms with Crippen LogP contribution in [0.1, 0.15) is 6.92 Å². The first-order chi connectivity index (χ1) is 3.18. The highest BCUT2D eigenvalue weighted by molar-refractivity contribution is 7.80. The third kappa shape index (κ3) is 2.45. The molecule has 0 fully saturated rings. The predicted molar refractivity (Wildman–Crippen MR) is 33.7 cm³/mol. The van der Waals surface area contributed by atoms with Crippen LogP contribution in [0.15, 0.2) is 12.2 Å². The Morgan fingerprint density at radius 3 is 2.29 bits per heavy atom. The van der Waals surface area contributed by atoms with Gasteiger partial charge in [-0.15, -0.1) is 0 Å². The molecular formula is C5H8OS. The molecule has 0 unspecified atom stereocenters. The van der Waals surface area contributed by atoms with E-state index in [9.17, 15) is 4.79 Å². The van der Waals surface area contributed by atoms with Crippen LogP contribution in [0.25, 0.3) is 0 Å². The maximum absolute atomic E-state index is 10.2. The molecule has 0 heterocycles. The van der Waals surface area contributed by atoms with Crippen molar-refractivity contribution in [3.05, 3.63) is 12.2 Å². The average molecular weight is 116 g/mol. The molecule has 0 saturated heterocycles. The van der Waals surface area contributed by atoms with Crippen molar-refractivity contribution in [2.75, 3.05) is 5.75 Å². The Kier molecular flexibility index (Phi) is 2.76. The number of thiol groups is 1. The van der Waals surface area contributed by atoms with Crippen LogP contribution in [0.2, 0.25) is 0 Å². The maximum atomic E-state index is 10.2. The van der Waals surface area contributed by atoms with Crippen LogP contribution >= 0.6 is 12.6 Å². The molecule has 0 aromatic rings. The lowest BCUT2D eigenvalue weighted by Gasteiger charge is -1.88. The average Bonchev–Trinajstić information content (AvgIpc) is 1.65. The maximum Gasteiger partial charge on any atom is 0.156 e. The van der Waals surface area contributed by atoms with Crippen molar-refractivity contribution in [2.24, 2.45) is 0 Å². The van der Waals surface area contributed by atoms with Crippen LogP contribution < -0.4 is 0 Å². The topological polar surface area (TPSA) is 17.1 Å². The van der Waals surface area contributed by atoms with Crippen molar-refractivity contribution in [3.8, 4) is 0 Å². The fraction of sp³-hybridized carbons (Fsp3) is 0.400. The Hall–Kier alpha value is -0.240. The second-order valence-corrected chi connectivity index (χ2v) is 1.63. The zero-order valence-corrected chi connectivity index (χ0v) is 5.16. The lowest BCUT2D eigenvalue weighted by molar-refractivity contribution is -0.113. The number of Topliss-reactive ketones (excluding diaryl/α,β-unsaturated/α-hetero) is 1. The zero-order chi connectivity index (χ0) is 5.86. The molecule has 0 atom stereocenters. The minimum Gasteiger partial charge on any atom is -0.295 e. The Morgan fingerprint density at radius 2 is 2.29 bits per heavy atom. The quantitative estimate of drug-likeness (QED) is 0.421. The highest BCUT2D eigenvalue weighted by Crippen LogP contribution is 1.92. The SMILES string of the molecule is C=C(CS)C(C)=O. The summed E-state index contributed by atoms with van der Waals surface area (Å²) in [5, 5.41) is 0. The van der Waals surface area contributed by atoms with Gasteiger partial charge >= 0.3 is 0 Å². The second-order valence-electron chi connectivity index (χ2n) is 1.32. The molecule has 0 aromatic heterocycles. The summed E-state index contributed by atoms with van der Waals surface area (Å²) < 4.78 is 0. The van der Waals surface area contributed by atoms with Crippen molar-refractivity contribution < 1.29 is 4.79 Å². The summed E-state index contributed by atoms with van der Waals surface area (Å²) in [4.78, 5) is 10.2. The number of carbonyl (C=O) groups excluding carboxylic acids is 1. The third-order valence-electron chi connectivity index (χ3n) is 0.689. The molecule has 2 heteroatoms. The Balaban J connectivity index is 3.58. The number of hydrogen-bond donors (Lipinski definition) is 1. The molecule has 0 aliphatic rings. The first-order valence-corrected chi connectivity index (χ1v) is 2.61. The normalized spacial score (nSPS) is 8.29. The monoisotopic (exact) mass is 116 g/mol. The van der Waals surface area contributed by atoms with Crippen molar-refractivity contribution in [3.63, 3.8) is 0 Å². The molecule has 0 amide bonds. The van der Waals surface area contributed by atoms with Crippen LogP contribution in [0.5, 0.6) is 0 Å². The summed E-state index contributed by atoms with van der Waals surface area (Å²) in [6.45, 7) is 4.93. The molecule has 0 spiro atoms. The van der Waals surface area contributed by atoms with Crippen LogP contribution in [0.3, 0.4) is 0 Å². The van der Waals surface area contributed by atoms with Crippen molar-refractivity contribution in [1.29, 1.82) is 0 Å². The van der Waals surface area contributed by atoms with Gasteiger partial charge in [0.15, 0.2) is 5.78 Å². The van der Waals surface area contributed by atoms with E-state index in [0.29, 0.717) is 11.3 Å². The van der Waals surface area contributed by atoms with E-state index in [0.717, 1.165) is 0 Å². The molecule has 0 bridgehead atoms. The summed E-state index contributed by atoms with van der Waals surface area (Å²) in [6, 6.07) is 0. The zero-order valence-electron chi connectivity index (χ0n) is 4.27. The summed E-state index contributed by atoms with van der Waals surface area (Å²) in [5.41, 5.74) is 0.573. The van der Waals surface area contributed by atoms with Gasteiger partial charge in [0.25, 0.3) is 0 Å². The van der Waals surface area contributed by atoms with Crippen molar-refractivity contribution in [1.82, 2.24) is 0 Å². The van der Waals surface area contributed by atoms with Gasteiger partial charge in [-0.2, -0.15) is 12.6 Å². The van der Waals surface area contributed by atoms with Gasteiger partial charge in [-0.3, -0.25) is 4.79 Å². The van der Waals surface area contributed by atoms with Gasteiger partial charge in [-0.25, -0.2) is 0 Å². The molecule has 0 radical (unpaired) electrons. The first-order valence-electron chi connectivity index (χ1n) is 1.98. The van der Waals surface area contributed by atoms with Gasteiger partial charge in [0.2, 0.25) is 0 Å². The molecular weight excluding hydrogens is 108 g/mol. The Bertz CT molecular complexity index is 96.3. The minimum absolute atomic E-state index is 0.0231. The lowest BCUT2D eigenvalue weighted by Crippen LogP contribution is -1.94. The summed E-state index contributed by atoms with van der Waals surface area (Å²) in [5.74, 6) is 0.491. The molecule has 1 nitrogen and oxygen atoms in total. The van der Waals surface area contributed by atoms with E-state index >= 15 is 0 Å². The lowest BCUT2D eigenvalue weighted by atomic mass is 10.2. The fourth-order valence-electron chi connectivity index (χ4n) is 0.111. The standard InChI is InChI=1S/C5H8OS/c1-4(3-7)5(2)6/h7H,1,3H2,2H3. The fourth-order valence-corrected chi connectivity index (χ4v) is 0.334. The van der Waals surface area contributed by atoms with E-state index in [-0.39, 0.29) is 5.78 Å². The van der Waals surface area contributed by atoms with E-state index in [2.05, 4.69) is 19.2 Å². The molecule has 7 heavy (non-hydrogen) atoms. The van der Waals surface area contributed by atoms with E-state index in [1.807, 2.05) is 0 Å². The third-order valence-corrected chi connectivity index (χ3v) is 1.07. The summed E-state index contributed by atoms with van der Waals surface area (Å²) in [7, 11) is 0. The largest absolute Gasteiger partial charge is 0.295 e. The Morgan fingerprint density at radius 1 is 1.86 bits per heavy atom. The molecule has 0 aromatic carbocycles. The number of carbonyl (C=O) groups is 1. The molecule has 0 saturated carbocycles. The highest BCUT2D eigenvalue weighted by atomic mass is 32.1. The van der Waals surface area contributed by atoms with Crippen LogP contribution in [0, 0.1) is 0 Å². The smallest absolute Gasteiger partial charge is 0.156 e. The molecule has 0 N–H and O–H groups in total. The van der Waals surface area contributed by atoms with Gasteiger partial charge in [-0.05, 0) is 12.5 Å². The molecule has 0 rings (SSSR count). The molecule has 0 aliphatic carbocycles. The summed E-state index contributed by atoms with van der Waals surface area (Å²) in [6.07, 6.45) is 0. The van der Waals surface area contributed by atoms with Gasteiger partial charge in [0, 0.05) is 5.75 Å². The van der Waals surface area contributed by atoms with E-state index in [1.165, 1.54) is 6.92 Å². The van der Waals surface area contributed by atoms with Crippen LogP contribution in [0.4, 0.5) is 0 Å². The van der Waals surface area contributed by atoms with Gasteiger partial charge in [0.05, 0.1) is 0 Å². The van der Waals surface area contributed by atoms with Crippen molar-refractivity contribution in [2.45, 2.75) is 6.92 Å². The van der Waals surface area contributed by atoms with E-state index in [4.69, 9.17) is 0 Å². The number of hydrogen-bond acceptors (Lipinski definition) is 2.